The molecule has 0 aromatic rings. The lowest BCUT2D eigenvalue weighted by atomic mass is 9.79. The summed E-state index contributed by atoms with van der Waals surface area (Å²) < 4.78 is 0. The molecule has 0 bridgehead atoms. The van der Waals surface area contributed by atoms with E-state index in [0.717, 1.165) is 32.4 Å². The first-order chi connectivity index (χ1) is 9.78. The molecule has 0 aromatic heterocycles. The summed E-state index contributed by atoms with van der Waals surface area (Å²) in [4.78, 5) is 2.11. The predicted octanol–water partition coefficient (Wildman–Crippen LogP) is 0.562. The second-order valence-corrected chi connectivity index (χ2v) is 7.59. The summed E-state index contributed by atoms with van der Waals surface area (Å²) in [5, 5.41) is 25.4. The SMILES string of the molecule is CC1(C)CC(NCCCN(CCO)CCO)CC(C)(C)N1. The van der Waals surface area contributed by atoms with E-state index in [0.29, 0.717) is 19.1 Å². The second-order valence-electron chi connectivity index (χ2n) is 7.59. The van der Waals surface area contributed by atoms with Gasteiger partial charge in [0.2, 0.25) is 0 Å². The molecule has 0 aromatic carbocycles. The van der Waals surface area contributed by atoms with Crippen molar-refractivity contribution in [2.75, 3.05) is 39.4 Å². The van der Waals surface area contributed by atoms with Gasteiger partial charge in [-0.2, -0.15) is 0 Å². The fourth-order valence-electron chi connectivity index (χ4n) is 3.69. The highest BCUT2D eigenvalue weighted by Gasteiger charge is 2.37. The van der Waals surface area contributed by atoms with E-state index in [1.54, 1.807) is 0 Å². The normalized spacial score (nSPS) is 21.9. The molecule has 5 nitrogen and oxygen atoms in total. The molecule has 1 rings (SSSR count). The van der Waals surface area contributed by atoms with Crippen LogP contribution in [0.2, 0.25) is 0 Å². The lowest BCUT2D eigenvalue weighted by Gasteiger charge is -2.46. The molecule has 1 aliphatic heterocycles. The molecule has 126 valence electrons. The number of aliphatic hydroxyl groups is 2. The molecule has 1 aliphatic rings. The van der Waals surface area contributed by atoms with Gasteiger partial charge in [-0.3, -0.25) is 4.90 Å². The third kappa shape index (κ3) is 7.56. The van der Waals surface area contributed by atoms with Crippen LogP contribution < -0.4 is 10.6 Å². The molecule has 1 fully saturated rings. The van der Waals surface area contributed by atoms with Crippen LogP contribution in [0.5, 0.6) is 0 Å². The topological polar surface area (TPSA) is 67.8 Å². The first-order valence-electron chi connectivity index (χ1n) is 8.25. The molecule has 0 radical (unpaired) electrons. The van der Waals surface area contributed by atoms with Gasteiger partial charge in [0.1, 0.15) is 0 Å². The molecule has 1 saturated heterocycles. The van der Waals surface area contributed by atoms with Gasteiger partial charge in [-0.15, -0.1) is 0 Å². The summed E-state index contributed by atoms with van der Waals surface area (Å²) in [6.45, 7) is 12.6. The summed E-state index contributed by atoms with van der Waals surface area (Å²) in [6, 6.07) is 0.556. The molecule has 0 saturated carbocycles. The maximum absolute atomic E-state index is 8.99. The molecule has 0 amide bonds. The Morgan fingerprint density at radius 3 is 2.00 bits per heavy atom. The van der Waals surface area contributed by atoms with Crippen molar-refractivity contribution in [2.24, 2.45) is 0 Å². The lowest BCUT2D eigenvalue weighted by Crippen LogP contribution is -2.61. The quantitative estimate of drug-likeness (QED) is 0.469. The van der Waals surface area contributed by atoms with Crippen molar-refractivity contribution in [1.82, 2.24) is 15.5 Å². The Morgan fingerprint density at radius 2 is 1.52 bits per heavy atom. The van der Waals surface area contributed by atoms with Crippen molar-refractivity contribution in [1.29, 1.82) is 0 Å². The Kier molecular flexibility index (Phi) is 7.57. The molecule has 4 N–H and O–H groups in total. The number of nitrogens with one attached hydrogen (secondary N) is 2. The fourth-order valence-corrected chi connectivity index (χ4v) is 3.69. The highest BCUT2D eigenvalue weighted by molar-refractivity contribution is 4.99. The summed E-state index contributed by atoms with van der Waals surface area (Å²) in [5.41, 5.74) is 0.360. The van der Waals surface area contributed by atoms with E-state index in [4.69, 9.17) is 10.2 Å². The van der Waals surface area contributed by atoms with Crippen LogP contribution in [0.25, 0.3) is 0 Å². The maximum Gasteiger partial charge on any atom is 0.0558 e. The number of rotatable bonds is 9. The molecule has 0 unspecified atom stereocenters. The Labute approximate surface area is 130 Å². The molecule has 5 heteroatoms. The van der Waals surface area contributed by atoms with Crippen LogP contribution in [0, 0.1) is 0 Å². The van der Waals surface area contributed by atoms with Gasteiger partial charge in [0.05, 0.1) is 13.2 Å². The molecule has 1 heterocycles. The van der Waals surface area contributed by atoms with E-state index >= 15 is 0 Å². The number of nitrogens with zero attached hydrogens (tertiary/aromatic N) is 1. The highest BCUT2D eigenvalue weighted by atomic mass is 16.3. The molecule has 21 heavy (non-hydrogen) atoms. The standard InChI is InChI=1S/C16H35N3O2/c1-15(2)12-14(13-16(3,4)18-15)17-6-5-7-19(8-10-20)9-11-21/h14,17-18,20-21H,5-13H2,1-4H3. The number of piperidine rings is 1. The average Bonchev–Trinajstić information content (AvgIpc) is 2.31. The summed E-state index contributed by atoms with van der Waals surface area (Å²) >= 11 is 0. The van der Waals surface area contributed by atoms with Crippen LogP contribution >= 0.6 is 0 Å². The van der Waals surface area contributed by atoms with E-state index in [1.165, 1.54) is 0 Å². The van der Waals surface area contributed by atoms with E-state index in [2.05, 4.69) is 43.2 Å². The molecule has 0 atom stereocenters. The maximum atomic E-state index is 8.99. The van der Waals surface area contributed by atoms with Gasteiger partial charge in [0, 0.05) is 30.2 Å². The monoisotopic (exact) mass is 301 g/mol. The Bertz CT molecular complexity index is 273. The molecule has 0 aliphatic carbocycles. The van der Waals surface area contributed by atoms with Crippen molar-refractivity contribution in [3.63, 3.8) is 0 Å². The average molecular weight is 301 g/mol. The number of aliphatic hydroxyl groups excluding tert-OH is 2. The second kappa shape index (κ2) is 8.44. The third-order valence-electron chi connectivity index (χ3n) is 4.11. The van der Waals surface area contributed by atoms with Crippen molar-refractivity contribution in [3.8, 4) is 0 Å². The van der Waals surface area contributed by atoms with Crippen molar-refractivity contribution in [2.45, 2.75) is 64.1 Å². The van der Waals surface area contributed by atoms with Gasteiger partial charge in [-0.25, -0.2) is 0 Å². The lowest BCUT2D eigenvalue weighted by molar-refractivity contribution is 0.141. The van der Waals surface area contributed by atoms with E-state index in [-0.39, 0.29) is 24.3 Å². The number of hydrogen-bond donors (Lipinski definition) is 4. The van der Waals surface area contributed by atoms with Gasteiger partial charge in [0.15, 0.2) is 0 Å². The van der Waals surface area contributed by atoms with E-state index in [1.807, 2.05) is 0 Å². The molecule has 0 spiro atoms. The Morgan fingerprint density at radius 1 is 1.00 bits per heavy atom. The summed E-state index contributed by atoms with van der Waals surface area (Å²) in [6.07, 6.45) is 3.34. The van der Waals surface area contributed by atoms with E-state index < -0.39 is 0 Å². The van der Waals surface area contributed by atoms with Crippen LogP contribution in [0.3, 0.4) is 0 Å². The minimum Gasteiger partial charge on any atom is -0.395 e. The van der Waals surface area contributed by atoms with Crippen LogP contribution in [-0.2, 0) is 0 Å². The van der Waals surface area contributed by atoms with Gasteiger partial charge < -0.3 is 20.8 Å². The smallest absolute Gasteiger partial charge is 0.0558 e. The number of hydrogen-bond acceptors (Lipinski definition) is 5. The zero-order valence-electron chi connectivity index (χ0n) is 14.3. The summed E-state index contributed by atoms with van der Waals surface area (Å²) in [7, 11) is 0. The van der Waals surface area contributed by atoms with Crippen molar-refractivity contribution in [3.05, 3.63) is 0 Å². The van der Waals surface area contributed by atoms with Crippen molar-refractivity contribution < 1.29 is 10.2 Å². The molecular formula is C16H35N3O2. The predicted molar refractivity (Wildman–Crippen MR) is 87.5 cm³/mol. The van der Waals surface area contributed by atoms with Crippen LogP contribution in [-0.4, -0.2) is 71.6 Å². The Hall–Kier alpha value is -0.200. The minimum atomic E-state index is 0.157. The first kappa shape index (κ1) is 18.8. The highest BCUT2D eigenvalue weighted by Crippen LogP contribution is 2.28. The zero-order valence-corrected chi connectivity index (χ0v) is 14.3. The third-order valence-corrected chi connectivity index (χ3v) is 4.11. The minimum absolute atomic E-state index is 0.157. The first-order valence-corrected chi connectivity index (χ1v) is 8.25. The van der Waals surface area contributed by atoms with Gasteiger partial charge >= 0.3 is 0 Å². The fraction of sp³-hybridized carbons (Fsp3) is 1.00. The van der Waals surface area contributed by atoms with Gasteiger partial charge in [-0.05, 0) is 60.0 Å². The van der Waals surface area contributed by atoms with Gasteiger partial charge in [-0.1, -0.05) is 0 Å². The largest absolute Gasteiger partial charge is 0.395 e. The van der Waals surface area contributed by atoms with Gasteiger partial charge in [0.25, 0.3) is 0 Å². The molecular weight excluding hydrogens is 266 g/mol. The van der Waals surface area contributed by atoms with E-state index in [9.17, 15) is 0 Å². The van der Waals surface area contributed by atoms with Crippen LogP contribution in [0.15, 0.2) is 0 Å². The zero-order chi connectivity index (χ0) is 15.9. The summed E-state index contributed by atoms with van der Waals surface area (Å²) in [5.74, 6) is 0. The van der Waals surface area contributed by atoms with Crippen LogP contribution in [0.1, 0.15) is 47.0 Å². The van der Waals surface area contributed by atoms with Crippen LogP contribution in [0.4, 0.5) is 0 Å². The Balaban J connectivity index is 2.28. The van der Waals surface area contributed by atoms with Crippen molar-refractivity contribution >= 4 is 0 Å².